The number of halogens is 2. The average Bonchev–Trinajstić information content (AvgIpc) is 4.08. The molecule has 0 amide bonds. The van der Waals surface area contributed by atoms with E-state index in [1.165, 1.54) is 202 Å². The van der Waals surface area contributed by atoms with E-state index in [1.54, 1.807) is 49.9 Å². The Morgan fingerprint density at radius 3 is 1.00 bits per heavy atom. The molecule has 350 valence electrons. The number of nitrogens with zero attached hydrogens (tertiary/aromatic N) is 1. The Morgan fingerprint density at radius 1 is 0.381 bits per heavy atom. The van der Waals surface area contributed by atoms with Gasteiger partial charge in [-0.3, -0.25) is 14.2 Å². The monoisotopic (exact) mass is 1060 g/mol. The smallest absolute Gasteiger partial charge is 0.262 e. The van der Waals surface area contributed by atoms with Crippen molar-refractivity contribution in [1.29, 1.82) is 0 Å². The maximum Gasteiger partial charge on any atom is 0.262 e. The van der Waals surface area contributed by atoms with E-state index in [0.29, 0.717) is 17.3 Å². The first-order chi connectivity index (χ1) is 30.9. The topological polar surface area (TPSA) is 39.1 Å². The number of rotatable bonds is 35. The molecule has 5 aromatic heterocycles. The molecule has 0 aliphatic rings. The molecule has 0 N–H and O–H groups in total. The summed E-state index contributed by atoms with van der Waals surface area (Å²) in [7, 11) is 0. The first kappa shape index (κ1) is 52.9. The van der Waals surface area contributed by atoms with Gasteiger partial charge in [-0.05, 0) is 99.4 Å². The summed E-state index contributed by atoms with van der Waals surface area (Å²) in [6.45, 7) is 7.32. The van der Waals surface area contributed by atoms with Crippen molar-refractivity contribution in [3.05, 3.63) is 63.7 Å². The van der Waals surface area contributed by atoms with Gasteiger partial charge in [0.15, 0.2) is 0 Å². The fourth-order valence-corrected chi connectivity index (χ4v) is 15.2. The maximum atomic E-state index is 14.5. The van der Waals surface area contributed by atoms with E-state index in [2.05, 4.69) is 76.9 Å². The summed E-state index contributed by atoms with van der Waals surface area (Å²) < 4.78 is 5.92. The summed E-state index contributed by atoms with van der Waals surface area (Å²) in [6, 6.07) is 8.91. The average molecular weight is 1060 g/mol. The predicted octanol–water partition coefficient (Wildman–Crippen LogP) is 20.5. The number of hydrogen-bond acceptors (Lipinski definition) is 6. The molecule has 0 unspecified atom stereocenters. The van der Waals surface area contributed by atoms with Gasteiger partial charge >= 0.3 is 0 Å². The van der Waals surface area contributed by atoms with Crippen LogP contribution in [0.5, 0.6) is 0 Å². The summed E-state index contributed by atoms with van der Waals surface area (Å²) in [5.41, 5.74) is 2.49. The number of aryl methyl sites for hydroxylation is 2. The lowest BCUT2D eigenvalue weighted by Crippen LogP contribution is -2.30. The number of aromatic nitrogens is 1. The van der Waals surface area contributed by atoms with Gasteiger partial charge in [0, 0.05) is 26.1 Å². The van der Waals surface area contributed by atoms with Crippen LogP contribution >= 0.6 is 77.2 Å². The highest BCUT2D eigenvalue weighted by Crippen LogP contribution is 2.46. The molecule has 63 heavy (non-hydrogen) atoms. The zero-order valence-electron chi connectivity index (χ0n) is 39.3. The van der Waals surface area contributed by atoms with Crippen molar-refractivity contribution in [1.82, 2.24) is 4.57 Å². The first-order valence-electron chi connectivity index (χ1n) is 25.6. The zero-order chi connectivity index (χ0) is 44.7. The van der Waals surface area contributed by atoms with Crippen molar-refractivity contribution in [2.75, 3.05) is 0 Å². The van der Waals surface area contributed by atoms with Crippen LogP contribution in [0.1, 0.15) is 225 Å². The Bertz CT molecular complexity index is 2030. The third-order valence-electron chi connectivity index (χ3n) is 13.0. The van der Waals surface area contributed by atoms with E-state index in [4.69, 9.17) is 0 Å². The largest absolute Gasteiger partial charge is 0.274 e. The summed E-state index contributed by atoms with van der Waals surface area (Å²) >= 11 is 14.8. The van der Waals surface area contributed by atoms with Crippen LogP contribution in [-0.4, -0.2) is 4.57 Å². The van der Waals surface area contributed by atoms with Gasteiger partial charge in [-0.25, -0.2) is 0 Å². The van der Waals surface area contributed by atoms with Gasteiger partial charge in [0.2, 0.25) is 0 Å². The van der Waals surface area contributed by atoms with Gasteiger partial charge in [-0.15, -0.1) is 45.3 Å². The van der Waals surface area contributed by atoms with E-state index in [0.717, 1.165) is 51.3 Å². The molecule has 0 spiro atoms. The summed E-state index contributed by atoms with van der Waals surface area (Å²) in [6.07, 6.45) is 41.2. The second-order valence-electron chi connectivity index (χ2n) is 18.3. The highest BCUT2D eigenvalue weighted by molar-refractivity contribution is 9.11. The van der Waals surface area contributed by atoms with Gasteiger partial charge in [-0.1, -0.05) is 194 Å². The normalized spacial score (nSPS) is 11.9. The van der Waals surface area contributed by atoms with E-state index >= 15 is 0 Å². The summed E-state index contributed by atoms with van der Waals surface area (Å²) in [4.78, 5) is 33.6. The quantitative estimate of drug-likeness (QED) is 0.0379. The van der Waals surface area contributed by atoms with Crippen molar-refractivity contribution in [2.45, 2.75) is 233 Å². The fourth-order valence-electron chi connectivity index (χ4n) is 9.03. The van der Waals surface area contributed by atoms with Gasteiger partial charge in [0.25, 0.3) is 11.1 Å². The lowest BCUT2D eigenvalue weighted by Gasteiger charge is -2.04. The molecule has 0 aliphatic carbocycles. The lowest BCUT2D eigenvalue weighted by atomic mass is 10.0. The molecule has 0 aromatic carbocycles. The minimum absolute atomic E-state index is 0.128. The predicted molar refractivity (Wildman–Crippen MR) is 293 cm³/mol. The summed E-state index contributed by atoms with van der Waals surface area (Å²) in [5.74, 6) is 0. The lowest BCUT2D eigenvalue weighted by molar-refractivity contribution is 0.528. The second kappa shape index (κ2) is 30.3. The molecule has 0 atom stereocenters. The number of fused-ring (bicyclic) bond motifs is 3. The van der Waals surface area contributed by atoms with Crippen molar-refractivity contribution < 1.29 is 0 Å². The van der Waals surface area contributed by atoms with Crippen LogP contribution in [0.2, 0.25) is 0 Å². The Kier molecular flexibility index (Phi) is 25.4. The van der Waals surface area contributed by atoms with Crippen LogP contribution in [0.3, 0.4) is 0 Å². The Balaban J connectivity index is 1.31. The van der Waals surface area contributed by atoms with E-state index < -0.39 is 0 Å². The molecule has 0 aliphatic heterocycles. The highest BCUT2D eigenvalue weighted by Gasteiger charge is 2.21. The van der Waals surface area contributed by atoms with Gasteiger partial charge in [0.05, 0.1) is 27.7 Å². The molecule has 5 rings (SSSR count). The Hall–Kier alpha value is -1.10. The standard InChI is InChI=1S/C54H79Br2NO2S4/c1-4-7-10-13-16-19-22-25-28-31-34-41-37-45(62-51(41)55)47-39-43-49(60-47)50-44(54(59)57(53(43)58)36-33-30-27-24-21-18-15-12-9-6-3)40-48(61-50)46-38-42(52(56)63-46)35-32-29-26-23-20-17-14-11-8-5-2/h37-40H,4-36H2,1-3H3. The molecule has 5 aromatic rings. The van der Waals surface area contributed by atoms with Crippen LogP contribution in [0, 0.1) is 0 Å². The van der Waals surface area contributed by atoms with Crippen molar-refractivity contribution >= 4 is 97.4 Å². The molecule has 0 saturated heterocycles. The first-order valence-corrected chi connectivity index (χ1v) is 30.4. The molecule has 0 bridgehead atoms. The zero-order valence-corrected chi connectivity index (χ0v) is 45.7. The van der Waals surface area contributed by atoms with E-state index in [-0.39, 0.29) is 11.1 Å². The van der Waals surface area contributed by atoms with Crippen molar-refractivity contribution in [3.63, 3.8) is 0 Å². The number of unbranched alkanes of at least 4 members (excludes halogenated alkanes) is 27. The van der Waals surface area contributed by atoms with Crippen LogP contribution in [0.15, 0.2) is 41.4 Å². The number of hydrogen-bond donors (Lipinski definition) is 0. The second-order valence-corrected chi connectivity index (χ2v) is 25.2. The van der Waals surface area contributed by atoms with Crippen LogP contribution in [0.4, 0.5) is 0 Å². The molecule has 9 heteroatoms. The van der Waals surface area contributed by atoms with Crippen molar-refractivity contribution in [2.24, 2.45) is 0 Å². The summed E-state index contributed by atoms with van der Waals surface area (Å²) in [5, 5.41) is 1.38. The molecule has 0 saturated carbocycles. The molecule has 0 fully saturated rings. The molecule has 5 heterocycles. The van der Waals surface area contributed by atoms with Gasteiger partial charge in [0.1, 0.15) is 0 Å². The number of thiophene rings is 4. The third-order valence-corrected chi connectivity index (χ3v) is 19.7. The third kappa shape index (κ3) is 17.2. The van der Waals surface area contributed by atoms with Crippen LogP contribution in [-0.2, 0) is 19.4 Å². The minimum Gasteiger partial charge on any atom is -0.274 e. The molecular weight excluding hydrogens is 983 g/mol. The van der Waals surface area contributed by atoms with Gasteiger partial charge < -0.3 is 0 Å². The Morgan fingerprint density at radius 2 is 0.667 bits per heavy atom. The van der Waals surface area contributed by atoms with Crippen LogP contribution in [0.25, 0.3) is 39.7 Å². The van der Waals surface area contributed by atoms with E-state index in [1.807, 2.05) is 0 Å². The van der Waals surface area contributed by atoms with Crippen LogP contribution < -0.4 is 11.1 Å². The maximum absolute atomic E-state index is 14.5. The van der Waals surface area contributed by atoms with E-state index in [9.17, 15) is 9.59 Å². The molecule has 0 radical (unpaired) electrons. The Labute approximate surface area is 414 Å². The van der Waals surface area contributed by atoms with Crippen molar-refractivity contribution in [3.8, 4) is 19.5 Å². The highest BCUT2D eigenvalue weighted by atomic mass is 79.9. The SMILES string of the molecule is CCCCCCCCCCCCc1cc(-c2cc3c(=O)n(CCCCCCCCCCCC)c(=O)c4cc(-c5cc(CCCCCCCCCCCC)c(Br)s5)sc4c3s2)sc1Br. The fraction of sp³-hybridized carbons (Fsp3) is 0.667. The molecule has 3 nitrogen and oxygen atoms in total. The minimum atomic E-state index is -0.128. The molecular formula is C54H79Br2NO2S4. The van der Waals surface area contributed by atoms with Gasteiger partial charge in [-0.2, -0.15) is 0 Å².